The number of para-hydroxylation sites is 1. The molecule has 1 aliphatic heterocycles. The van der Waals surface area contributed by atoms with Crippen molar-refractivity contribution in [3.05, 3.63) is 24.3 Å². The molecule has 2 aromatic rings. The highest BCUT2D eigenvalue weighted by Crippen LogP contribution is 2.29. The van der Waals surface area contributed by atoms with E-state index in [0.717, 1.165) is 14.6 Å². The Bertz CT molecular complexity index is 749. The predicted molar refractivity (Wildman–Crippen MR) is 102 cm³/mol. The van der Waals surface area contributed by atoms with E-state index in [1.807, 2.05) is 24.3 Å². The van der Waals surface area contributed by atoms with E-state index in [2.05, 4.69) is 4.98 Å². The highest BCUT2D eigenvalue weighted by atomic mass is 32.2. The van der Waals surface area contributed by atoms with Gasteiger partial charge in [0, 0.05) is 19.6 Å². The standard InChI is InChI=1S/C17H21N3O4S2/c1-19(10-16(22)23)8-12-9-20(6-7-24-12)15(21)11-25-17-18-13-4-2-3-5-14(13)26-17/h2-5,12H,6-11H2,1H3,(H,22,23). The molecule has 1 amide bonds. The number of rotatable bonds is 7. The molecule has 1 aromatic carbocycles. The van der Waals surface area contributed by atoms with Crippen molar-refractivity contribution < 1.29 is 19.4 Å². The summed E-state index contributed by atoms with van der Waals surface area (Å²) in [6.07, 6.45) is -0.162. The smallest absolute Gasteiger partial charge is 0.317 e. The molecule has 2 heterocycles. The first-order valence-electron chi connectivity index (χ1n) is 8.29. The fourth-order valence-corrected chi connectivity index (χ4v) is 4.80. The lowest BCUT2D eigenvalue weighted by Crippen LogP contribution is -2.50. The number of amides is 1. The Morgan fingerprint density at radius 3 is 3.04 bits per heavy atom. The third-order valence-corrected chi connectivity index (χ3v) is 6.17. The van der Waals surface area contributed by atoms with Crippen molar-refractivity contribution in [2.24, 2.45) is 0 Å². The molecule has 0 aliphatic carbocycles. The number of nitrogens with zero attached hydrogens (tertiary/aromatic N) is 3. The summed E-state index contributed by atoms with van der Waals surface area (Å²) in [5.41, 5.74) is 0.959. The van der Waals surface area contributed by atoms with Crippen LogP contribution in [0.1, 0.15) is 0 Å². The maximum atomic E-state index is 12.5. The minimum atomic E-state index is -0.872. The normalized spacial score (nSPS) is 17.8. The summed E-state index contributed by atoms with van der Waals surface area (Å²) in [5.74, 6) is -0.468. The van der Waals surface area contributed by atoms with Crippen LogP contribution in [0.5, 0.6) is 0 Å². The van der Waals surface area contributed by atoms with Crippen molar-refractivity contribution in [1.29, 1.82) is 0 Å². The van der Waals surface area contributed by atoms with Crippen LogP contribution in [0.2, 0.25) is 0 Å². The maximum Gasteiger partial charge on any atom is 0.317 e. The Hall–Kier alpha value is -1.68. The summed E-state index contributed by atoms with van der Waals surface area (Å²) in [6, 6.07) is 7.93. The van der Waals surface area contributed by atoms with Crippen molar-refractivity contribution in [2.75, 3.05) is 45.6 Å². The SMILES string of the molecule is CN(CC(=O)O)CC1CN(C(=O)CSc2nc3ccccc3s2)CCO1. The third-order valence-electron chi connectivity index (χ3n) is 4.01. The molecule has 3 rings (SSSR count). The molecule has 1 atom stereocenters. The monoisotopic (exact) mass is 395 g/mol. The highest BCUT2D eigenvalue weighted by Gasteiger charge is 2.25. The number of carbonyl (C=O) groups excluding carboxylic acids is 1. The first kappa shape index (κ1) is 19.1. The van der Waals surface area contributed by atoms with E-state index < -0.39 is 5.97 Å². The zero-order valence-electron chi connectivity index (χ0n) is 14.5. The third kappa shape index (κ3) is 5.16. The zero-order chi connectivity index (χ0) is 18.5. The molecule has 0 spiro atoms. The van der Waals surface area contributed by atoms with Crippen LogP contribution in [0.4, 0.5) is 0 Å². The summed E-state index contributed by atoms with van der Waals surface area (Å²) in [5, 5.41) is 8.83. The van der Waals surface area contributed by atoms with Gasteiger partial charge in [0.1, 0.15) is 0 Å². The van der Waals surface area contributed by atoms with E-state index in [0.29, 0.717) is 32.0 Å². The molecule has 1 N–H and O–H groups in total. The predicted octanol–water partition coefficient (Wildman–Crippen LogP) is 1.63. The van der Waals surface area contributed by atoms with Crippen LogP contribution in [0.25, 0.3) is 10.2 Å². The number of likely N-dealkylation sites (N-methyl/N-ethyl adjacent to an activating group) is 1. The van der Waals surface area contributed by atoms with Gasteiger partial charge in [0.2, 0.25) is 5.91 Å². The molecule has 1 saturated heterocycles. The van der Waals surface area contributed by atoms with Crippen LogP contribution in [-0.4, -0.2) is 83.5 Å². The first-order valence-corrected chi connectivity index (χ1v) is 10.1. The van der Waals surface area contributed by atoms with E-state index >= 15 is 0 Å². The molecule has 1 aliphatic rings. The van der Waals surface area contributed by atoms with Crippen LogP contribution in [-0.2, 0) is 14.3 Å². The number of thiazole rings is 1. The molecular formula is C17H21N3O4S2. The van der Waals surface area contributed by atoms with Crippen LogP contribution in [0, 0.1) is 0 Å². The van der Waals surface area contributed by atoms with E-state index in [1.54, 1.807) is 28.2 Å². The molecule has 7 nitrogen and oxygen atoms in total. The van der Waals surface area contributed by atoms with Gasteiger partial charge in [-0.3, -0.25) is 14.5 Å². The zero-order valence-corrected chi connectivity index (χ0v) is 16.1. The number of benzene rings is 1. The molecule has 1 fully saturated rings. The Labute approximate surface area is 159 Å². The average Bonchev–Trinajstić information content (AvgIpc) is 3.02. The molecule has 0 bridgehead atoms. The number of hydrogen-bond donors (Lipinski definition) is 1. The molecule has 0 saturated carbocycles. The number of carboxylic acids is 1. The Morgan fingerprint density at radius 1 is 1.46 bits per heavy atom. The molecule has 140 valence electrons. The number of morpholine rings is 1. The molecule has 9 heteroatoms. The van der Waals surface area contributed by atoms with Gasteiger partial charge in [0.15, 0.2) is 4.34 Å². The second-order valence-electron chi connectivity index (χ2n) is 6.16. The van der Waals surface area contributed by atoms with Crippen molar-refractivity contribution in [3.8, 4) is 0 Å². The first-order chi connectivity index (χ1) is 12.5. The van der Waals surface area contributed by atoms with E-state index in [4.69, 9.17) is 9.84 Å². The number of aromatic nitrogens is 1. The van der Waals surface area contributed by atoms with Crippen molar-refractivity contribution in [3.63, 3.8) is 0 Å². The Balaban J connectivity index is 1.50. The number of thioether (sulfide) groups is 1. The van der Waals surface area contributed by atoms with Gasteiger partial charge in [-0.1, -0.05) is 23.9 Å². The van der Waals surface area contributed by atoms with Gasteiger partial charge >= 0.3 is 5.97 Å². The van der Waals surface area contributed by atoms with E-state index in [9.17, 15) is 9.59 Å². The van der Waals surface area contributed by atoms with Crippen LogP contribution < -0.4 is 0 Å². The Morgan fingerprint density at radius 2 is 2.27 bits per heavy atom. The fourth-order valence-electron chi connectivity index (χ4n) is 2.83. The quantitative estimate of drug-likeness (QED) is 0.714. The summed E-state index contributed by atoms with van der Waals surface area (Å²) in [6.45, 7) is 1.98. The lowest BCUT2D eigenvalue weighted by molar-refractivity contribution is -0.141. The second-order valence-corrected chi connectivity index (χ2v) is 8.41. The number of carbonyl (C=O) groups is 2. The van der Waals surface area contributed by atoms with Gasteiger partial charge in [-0.2, -0.15) is 0 Å². The molecule has 26 heavy (non-hydrogen) atoms. The highest BCUT2D eigenvalue weighted by molar-refractivity contribution is 8.01. The summed E-state index contributed by atoms with van der Waals surface area (Å²) in [7, 11) is 1.74. The molecule has 1 aromatic heterocycles. The maximum absolute atomic E-state index is 12.5. The van der Waals surface area contributed by atoms with Crippen molar-refractivity contribution in [1.82, 2.24) is 14.8 Å². The van der Waals surface area contributed by atoms with E-state index in [-0.39, 0.29) is 18.6 Å². The summed E-state index contributed by atoms with van der Waals surface area (Å²) >= 11 is 3.05. The number of hydrogen-bond acceptors (Lipinski definition) is 7. The van der Waals surface area contributed by atoms with E-state index in [1.165, 1.54) is 11.8 Å². The lowest BCUT2D eigenvalue weighted by Gasteiger charge is -2.34. The minimum Gasteiger partial charge on any atom is -0.480 e. The van der Waals surface area contributed by atoms with Gasteiger partial charge in [0.05, 0.1) is 35.2 Å². The number of ether oxygens (including phenoxy) is 1. The lowest BCUT2D eigenvalue weighted by atomic mass is 10.2. The van der Waals surface area contributed by atoms with Gasteiger partial charge in [0.25, 0.3) is 0 Å². The largest absolute Gasteiger partial charge is 0.480 e. The topological polar surface area (TPSA) is 83.0 Å². The van der Waals surface area contributed by atoms with Crippen LogP contribution in [0.15, 0.2) is 28.6 Å². The number of aliphatic carboxylic acids is 1. The van der Waals surface area contributed by atoms with Gasteiger partial charge < -0.3 is 14.7 Å². The molecule has 1 unspecified atom stereocenters. The number of fused-ring (bicyclic) bond motifs is 1. The van der Waals surface area contributed by atoms with Crippen molar-refractivity contribution >= 4 is 45.2 Å². The van der Waals surface area contributed by atoms with Crippen LogP contribution in [0.3, 0.4) is 0 Å². The Kier molecular flexibility index (Phi) is 6.47. The van der Waals surface area contributed by atoms with Gasteiger partial charge in [-0.05, 0) is 19.2 Å². The molecular weight excluding hydrogens is 374 g/mol. The van der Waals surface area contributed by atoms with Gasteiger partial charge in [-0.25, -0.2) is 4.98 Å². The van der Waals surface area contributed by atoms with Gasteiger partial charge in [-0.15, -0.1) is 11.3 Å². The number of carboxylic acid groups (broad SMARTS) is 1. The fraction of sp³-hybridized carbons (Fsp3) is 0.471. The van der Waals surface area contributed by atoms with Crippen molar-refractivity contribution in [2.45, 2.75) is 10.4 Å². The molecule has 0 radical (unpaired) electrons. The summed E-state index contributed by atoms with van der Waals surface area (Å²) < 4.78 is 7.68. The summed E-state index contributed by atoms with van der Waals surface area (Å²) in [4.78, 5) is 31.3. The van der Waals surface area contributed by atoms with Crippen LogP contribution >= 0.6 is 23.1 Å². The average molecular weight is 396 g/mol. The minimum absolute atomic E-state index is 0.0404. The second kappa shape index (κ2) is 8.81.